The van der Waals surface area contributed by atoms with Crippen molar-refractivity contribution in [3.8, 4) is 0 Å². The number of sulfonamides is 1. The molecule has 0 radical (unpaired) electrons. The molecule has 3 aliphatic rings. The van der Waals surface area contributed by atoms with Gasteiger partial charge in [-0.2, -0.15) is 0 Å². The molecule has 148 valence electrons. The fraction of sp³-hybridized carbons (Fsp3) is 0.235. The highest BCUT2D eigenvalue weighted by Crippen LogP contribution is 2.37. The predicted octanol–water partition coefficient (Wildman–Crippen LogP) is 0.428. The first kappa shape index (κ1) is 18.6. The van der Waals surface area contributed by atoms with Gasteiger partial charge in [-0.15, -0.1) is 0 Å². The van der Waals surface area contributed by atoms with Gasteiger partial charge in [0.05, 0.1) is 36.0 Å². The van der Waals surface area contributed by atoms with Crippen molar-refractivity contribution >= 4 is 16.2 Å². The van der Waals surface area contributed by atoms with Crippen molar-refractivity contribution in [2.75, 3.05) is 7.11 Å². The number of hydrogen-bond acceptors (Lipinski definition) is 7. The van der Waals surface area contributed by atoms with Crippen LogP contribution in [-0.2, 0) is 21.3 Å². The van der Waals surface area contributed by atoms with E-state index in [9.17, 15) is 22.3 Å². The van der Waals surface area contributed by atoms with Crippen LogP contribution in [0.15, 0.2) is 56.9 Å². The van der Waals surface area contributed by atoms with Crippen molar-refractivity contribution in [1.82, 2.24) is 10.2 Å². The first-order chi connectivity index (χ1) is 13.2. The maximum atomic E-state index is 14.5. The number of benzene rings is 1. The van der Waals surface area contributed by atoms with E-state index in [0.717, 1.165) is 0 Å². The maximum Gasteiger partial charge on any atom is 0.238 e. The molecule has 28 heavy (non-hydrogen) atoms. The van der Waals surface area contributed by atoms with Crippen molar-refractivity contribution in [1.29, 1.82) is 0 Å². The van der Waals surface area contributed by atoms with Gasteiger partial charge in [0.1, 0.15) is 17.4 Å². The molecule has 11 heteroatoms. The fourth-order valence-corrected chi connectivity index (χ4v) is 3.89. The lowest BCUT2D eigenvalue weighted by Crippen LogP contribution is -2.37. The molecule has 0 amide bonds. The Balaban J connectivity index is 1.71. The van der Waals surface area contributed by atoms with Gasteiger partial charge in [-0.25, -0.2) is 22.3 Å². The van der Waals surface area contributed by atoms with Gasteiger partial charge in [0.2, 0.25) is 16.4 Å². The van der Waals surface area contributed by atoms with Gasteiger partial charge in [0, 0.05) is 17.4 Å². The monoisotopic (exact) mass is 410 g/mol. The van der Waals surface area contributed by atoms with Crippen molar-refractivity contribution in [2.24, 2.45) is 10.1 Å². The first-order valence-electron chi connectivity index (χ1n) is 8.16. The molecule has 0 spiro atoms. The van der Waals surface area contributed by atoms with E-state index in [4.69, 9.17) is 9.88 Å². The zero-order valence-corrected chi connectivity index (χ0v) is 15.4. The average molecular weight is 410 g/mol. The second-order valence-electron chi connectivity index (χ2n) is 6.41. The largest absolute Gasteiger partial charge is 0.497 e. The number of aliphatic hydroxyl groups is 1. The van der Waals surface area contributed by atoms with Crippen LogP contribution in [0.3, 0.4) is 0 Å². The molecule has 0 saturated carbocycles. The summed E-state index contributed by atoms with van der Waals surface area (Å²) in [5.41, 5.74) is 1.34. The van der Waals surface area contributed by atoms with Crippen molar-refractivity contribution in [2.45, 2.75) is 23.8 Å². The van der Waals surface area contributed by atoms with Crippen LogP contribution in [0.5, 0.6) is 0 Å². The second-order valence-corrected chi connectivity index (χ2v) is 7.98. The summed E-state index contributed by atoms with van der Waals surface area (Å²) in [5, 5.41) is 18.1. The average Bonchev–Trinajstić information content (AvgIpc) is 3.17. The van der Waals surface area contributed by atoms with Crippen LogP contribution >= 0.6 is 0 Å². The molecule has 0 saturated heterocycles. The second kappa shape index (κ2) is 6.40. The smallest absolute Gasteiger partial charge is 0.238 e. The number of methoxy groups -OCH3 is 1. The Morgan fingerprint density at radius 2 is 2.04 bits per heavy atom. The molecule has 0 fully saturated rings. The number of hydrogen-bond donors (Lipinski definition) is 3. The highest BCUT2D eigenvalue weighted by molar-refractivity contribution is 7.89. The minimum atomic E-state index is -4.25. The van der Waals surface area contributed by atoms with Crippen LogP contribution in [0.2, 0.25) is 0 Å². The quantitative estimate of drug-likeness (QED) is 0.663. The number of ether oxygens (including phenoxy) is 1. The van der Waals surface area contributed by atoms with E-state index in [1.54, 1.807) is 12.2 Å². The van der Waals surface area contributed by atoms with E-state index in [1.807, 2.05) is 0 Å². The summed E-state index contributed by atoms with van der Waals surface area (Å²) in [5.74, 6) is -1.58. The van der Waals surface area contributed by atoms with E-state index in [0.29, 0.717) is 34.9 Å². The number of dihydropyridines is 1. The van der Waals surface area contributed by atoms with E-state index < -0.39 is 38.5 Å². The van der Waals surface area contributed by atoms with E-state index in [1.165, 1.54) is 18.2 Å². The lowest BCUT2D eigenvalue weighted by atomic mass is 10.0. The Kier molecular flexibility index (Phi) is 4.25. The van der Waals surface area contributed by atoms with Gasteiger partial charge in [-0.3, -0.25) is 4.99 Å². The van der Waals surface area contributed by atoms with Crippen LogP contribution in [-0.4, -0.2) is 44.1 Å². The van der Waals surface area contributed by atoms with Gasteiger partial charge in [0.25, 0.3) is 0 Å². The third-order valence-electron chi connectivity index (χ3n) is 4.71. The third-order valence-corrected chi connectivity index (χ3v) is 5.60. The molecule has 1 aromatic carbocycles. The van der Waals surface area contributed by atoms with Gasteiger partial charge in [0.15, 0.2) is 0 Å². The molecular formula is C17H16F2N4O4S. The van der Waals surface area contributed by atoms with Crippen LogP contribution < -0.4 is 10.5 Å². The number of nitrogens with two attached hydrogens (primary N) is 1. The number of halogens is 2. The molecule has 2 atom stereocenters. The highest BCUT2D eigenvalue weighted by Gasteiger charge is 2.38. The number of fused-ring (bicyclic) bond motifs is 2. The zero-order valence-electron chi connectivity index (χ0n) is 14.6. The topological polar surface area (TPSA) is 117 Å². The van der Waals surface area contributed by atoms with Gasteiger partial charge in [-0.05, 0) is 24.3 Å². The number of nitrogens with one attached hydrogen (secondary N) is 1. The van der Waals surface area contributed by atoms with Gasteiger partial charge in [-0.1, -0.05) is 0 Å². The highest BCUT2D eigenvalue weighted by atomic mass is 32.2. The molecule has 2 unspecified atom stereocenters. The normalized spacial score (nSPS) is 23.2. The summed E-state index contributed by atoms with van der Waals surface area (Å²) in [6.07, 6.45) is 3.80. The summed E-state index contributed by atoms with van der Waals surface area (Å²) in [6, 6.07) is 0.982. The standard InChI is InChI=1S/C17H16F2N4O4S/c1-27-8-2-10-14(3-8)21-6-15-16(10)23(17(24)22-15)7-11-12(18)4-9(5-13(11)19)28(20,25)26/h2-6,14,17,22,24H,7H2,1H3,(H2,20,25,26). The van der Waals surface area contributed by atoms with E-state index >= 15 is 0 Å². The number of aliphatic hydroxyl groups excluding tert-OH is 1. The molecule has 4 rings (SSSR count). The summed E-state index contributed by atoms with van der Waals surface area (Å²) < 4.78 is 56.8. The van der Waals surface area contributed by atoms with Crippen molar-refractivity contribution < 1.29 is 27.0 Å². The first-order valence-corrected chi connectivity index (χ1v) is 9.71. The Morgan fingerprint density at radius 1 is 1.36 bits per heavy atom. The molecule has 1 aliphatic carbocycles. The summed E-state index contributed by atoms with van der Waals surface area (Å²) in [4.78, 5) is 5.05. The lowest BCUT2D eigenvalue weighted by molar-refractivity contribution is 0.0229. The summed E-state index contributed by atoms with van der Waals surface area (Å²) in [7, 11) is -2.74. The third kappa shape index (κ3) is 2.97. The summed E-state index contributed by atoms with van der Waals surface area (Å²) in [6.45, 7) is -0.351. The van der Waals surface area contributed by atoms with Gasteiger partial charge >= 0.3 is 0 Å². The molecular weight excluding hydrogens is 394 g/mol. The van der Waals surface area contributed by atoms with Gasteiger partial charge < -0.3 is 20.1 Å². The van der Waals surface area contributed by atoms with Crippen molar-refractivity contribution in [3.05, 3.63) is 64.2 Å². The van der Waals surface area contributed by atoms with Crippen LogP contribution in [0, 0.1) is 11.6 Å². The van der Waals surface area contributed by atoms with Crippen LogP contribution in [0.1, 0.15) is 5.56 Å². The predicted molar refractivity (Wildman–Crippen MR) is 94.9 cm³/mol. The number of primary sulfonamides is 1. The Bertz CT molecular complexity index is 1070. The van der Waals surface area contributed by atoms with E-state index in [-0.39, 0.29) is 12.6 Å². The molecule has 4 N–H and O–H groups in total. The number of aliphatic imine (C=N–C) groups is 1. The molecule has 1 aromatic rings. The lowest BCUT2D eigenvalue weighted by Gasteiger charge is -2.28. The van der Waals surface area contributed by atoms with Crippen molar-refractivity contribution in [3.63, 3.8) is 0 Å². The molecule has 0 aromatic heterocycles. The SMILES string of the molecule is COC1=CC2N=CC3=C(C2=C1)N(Cc1c(F)cc(S(N)(=O)=O)cc1F)C(O)N3. The summed E-state index contributed by atoms with van der Waals surface area (Å²) >= 11 is 0. The van der Waals surface area contributed by atoms with E-state index in [2.05, 4.69) is 10.3 Å². The number of rotatable bonds is 4. The minimum Gasteiger partial charge on any atom is -0.497 e. The van der Waals surface area contributed by atoms with Crippen LogP contribution in [0.4, 0.5) is 8.78 Å². The molecule has 0 bridgehead atoms. The molecule has 8 nitrogen and oxygen atoms in total. The fourth-order valence-electron chi connectivity index (χ4n) is 3.36. The Morgan fingerprint density at radius 3 is 2.64 bits per heavy atom. The zero-order chi connectivity index (χ0) is 20.2. The Hall–Kier alpha value is -2.76. The molecule has 2 heterocycles. The number of allylic oxidation sites excluding steroid dienone is 2. The maximum absolute atomic E-state index is 14.5. The minimum absolute atomic E-state index is 0.331. The van der Waals surface area contributed by atoms with Crippen LogP contribution in [0.25, 0.3) is 0 Å². The number of nitrogens with zero attached hydrogens (tertiary/aromatic N) is 2. The Labute approximate surface area is 159 Å². The molecule has 2 aliphatic heterocycles.